The van der Waals surface area contributed by atoms with E-state index in [2.05, 4.69) is 4.90 Å². The first-order chi connectivity index (χ1) is 8.58. The Bertz CT molecular complexity index is 370. The highest BCUT2D eigenvalue weighted by Crippen LogP contribution is 2.17. The van der Waals surface area contributed by atoms with Crippen LogP contribution in [0.1, 0.15) is 12.8 Å². The van der Waals surface area contributed by atoms with Crippen LogP contribution in [-0.4, -0.2) is 41.9 Å². The third kappa shape index (κ3) is 6.61. The van der Waals surface area contributed by atoms with Crippen molar-refractivity contribution in [2.24, 2.45) is 0 Å². The first-order valence-corrected chi connectivity index (χ1v) is 6.85. The van der Waals surface area contributed by atoms with Crippen molar-refractivity contribution in [1.82, 2.24) is 4.90 Å². The average Bonchev–Trinajstić information content (AvgIpc) is 2.31. The maximum atomic E-state index is 12.7. The minimum Gasteiger partial charge on any atom is -0.481 e. The molecule has 0 radical (unpaired) electrons. The number of thioether (sulfide) groups is 1. The summed E-state index contributed by atoms with van der Waals surface area (Å²) >= 11 is 1.67. The maximum absolute atomic E-state index is 12.7. The fourth-order valence-corrected chi connectivity index (χ4v) is 2.43. The standard InChI is InChI=1S/C13H18FNO2S/c1-15(8-2-3-13(16)17)9-10-18-12-6-4-11(14)5-7-12/h4-7H,2-3,8-10H2,1H3,(H,16,17). The van der Waals surface area contributed by atoms with Crippen LogP contribution in [0.2, 0.25) is 0 Å². The molecule has 18 heavy (non-hydrogen) atoms. The predicted octanol–water partition coefficient (Wildman–Crippen LogP) is 2.71. The van der Waals surface area contributed by atoms with Crippen LogP contribution in [0.3, 0.4) is 0 Å². The Morgan fingerprint density at radius 3 is 2.61 bits per heavy atom. The lowest BCUT2D eigenvalue weighted by molar-refractivity contribution is -0.137. The molecule has 0 unspecified atom stereocenters. The minimum atomic E-state index is -0.746. The molecule has 0 aromatic heterocycles. The first kappa shape index (κ1) is 15.0. The second-order valence-corrected chi connectivity index (χ2v) is 5.27. The van der Waals surface area contributed by atoms with Crippen molar-refractivity contribution in [2.45, 2.75) is 17.7 Å². The second-order valence-electron chi connectivity index (χ2n) is 4.10. The van der Waals surface area contributed by atoms with Gasteiger partial charge in [-0.1, -0.05) is 0 Å². The van der Waals surface area contributed by atoms with E-state index in [9.17, 15) is 9.18 Å². The van der Waals surface area contributed by atoms with Crippen molar-refractivity contribution in [3.05, 3.63) is 30.1 Å². The van der Waals surface area contributed by atoms with Gasteiger partial charge in [-0.2, -0.15) is 0 Å². The summed E-state index contributed by atoms with van der Waals surface area (Å²) in [7, 11) is 1.98. The van der Waals surface area contributed by atoms with Crippen molar-refractivity contribution in [3.63, 3.8) is 0 Å². The number of hydrogen-bond donors (Lipinski definition) is 1. The lowest BCUT2D eigenvalue weighted by Gasteiger charge is -2.15. The van der Waals surface area contributed by atoms with Gasteiger partial charge in [0.15, 0.2) is 0 Å². The summed E-state index contributed by atoms with van der Waals surface area (Å²) in [5.41, 5.74) is 0. The molecule has 3 nitrogen and oxygen atoms in total. The van der Waals surface area contributed by atoms with Gasteiger partial charge in [-0.3, -0.25) is 4.79 Å². The number of benzene rings is 1. The molecule has 0 aliphatic carbocycles. The lowest BCUT2D eigenvalue weighted by Crippen LogP contribution is -2.22. The van der Waals surface area contributed by atoms with E-state index in [-0.39, 0.29) is 12.2 Å². The molecule has 0 bridgehead atoms. The number of aliphatic carboxylic acids is 1. The van der Waals surface area contributed by atoms with Gasteiger partial charge in [0.2, 0.25) is 0 Å². The SMILES string of the molecule is CN(CCCC(=O)O)CCSc1ccc(F)cc1. The van der Waals surface area contributed by atoms with Crippen LogP contribution >= 0.6 is 11.8 Å². The van der Waals surface area contributed by atoms with Crippen molar-refractivity contribution in [3.8, 4) is 0 Å². The first-order valence-electron chi connectivity index (χ1n) is 5.86. The Morgan fingerprint density at radius 1 is 1.33 bits per heavy atom. The molecule has 0 atom stereocenters. The number of hydrogen-bond acceptors (Lipinski definition) is 3. The van der Waals surface area contributed by atoms with Crippen LogP contribution in [0, 0.1) is 5.82 Å². The summed E-state index contributed by atoms with van der Waals surface area (Å²) in [5.74, 6) is -0.0518. The summed E-state index contributed by atoms with van der Waals surface area (Å²) in [6.07, 6.45) is 0.891. The highest BCUT2D eigenvalue weighted by atomic mass is 32.2. The van der Waals surface area contributed by atoms with E-state index in [0.29, 0.717) is 6.42 Å². The molecular formula is C13H18FNO2S. The van der Waals surface area contributed by atoms with Gasteiger partial charge in [0.05, 0.1) is 0 Å². The molecule has 1 aromatic carbocycles. The van der Waals surface area contributed by atoms with Crippen LogP contribution in [0.5, 0.6) is 0 Å². The smallest absolute Gasteiger partial charge is 0.303 e. The topological polar surface area (TPSA) is 40.5 Å². The lowest BCUT2D eigenvalue weighted by atomic mass is 10.3. The van der Waals surface area contributed by atoms with Crippen LogP contribution in [0.25, 0.3) is 0 Å². The minimum absolute atomic E-state index is 0.217. The quantitative estimate of drug-likeness (QED) is 0.738. The molecule has 1 aromatic rings. The number of carbonyl (C=O) groups is 1. The van der Waals surface area contributed by atoms with Gasteiger partial charge >= 0.3 is 5.97 Å². The molecule has 0 spiro atoms. The van der Waals surface area contributed by atoms with Crippen molar-refractivity contribution >= 4 is 17.7 Å². The summed E-state index contributed by atoms with van der Waals surface area (Å²) < 4.78 is 12.7. The van der Waals surface area contributed by atoms with Gasteiger partial charge in [-0.15, -0.1) is 11.8 Å². The fraction of sp³-hybridized carbons (Fsp3) is 0.462. The number of rotatable bonds is 8. The monoisotopic (exact) mass is 271 g/mol. The maximum Gasteiger partial charge on any atom is 0.303 e. The largest absolute Gasteiger partial charge is 0.481 e. The van der Waals surface area contributed by atoms with Crippen molar-refractivity contribution < 1.29 is 14.3 Å². The summed E-state index contributed by atoms with van der Waals surface area (Å²) in [5, 5.41) is 8.52. The second kappa shape index (κ2) is 8.11. The molecule has 0 saturated carbocycles. The Kier molecular flexibility index (Phi) is 6.75. The van der Waals surface area contributed by atoms with Crippen LogP contribution in [0.15, 0.2) is 29.2 Å². The third-order valence-electron chi connectivity index (χ3n) is 2.49. The van der Waals surface area contributed by atoms with E-state index in [1.54, 1.807) is 23.9 Å². The van der Waals surface area contributed by atoms with Crippen molar-refractivity contribution in [1.29, 1.82) is 0 Å². The average molecular weight is 271 g/mol. The summed E-state index contributed by atoms with van der Waals surface area (Å²) in [6, 6.07) is 6.45. The predicted molar refractivity (Wildman–Crippen MR) is 71.5 cm³/mol. The zero-order valence-electron chi connectivity index (χ0n) is 10.4. The van der Waals surface area contributed by atoms with Gasteiger partial charge in [0.25, 0.3) is 0 Å². The molecule has 0 saturated heterocycles. The molecule has 0 amide bonds. The summed E-state index contributed by atoms with van der Waals surface area (Å²) in [4.78, 5) is 13.5. The van der Waals surface area contributed by atoms with E-state index >= 15 is 0 Å². The zero-order chi connectivity index (χ0) is 13.4. The number of carboxylic acids is 1. The van der Waals surface area contributed by atoms with Gasteiger partial charge in [0, 0.05) is 23.6 Å². The Labute approximate surface area is 111 Å². The third-order valence-corrected chi connectivity index (χ3v) is 3.48. The number of halogens is 1. The van der Waals surface area contributed by atoms with Crippen LogP contribution in [0.4, 0.5) is 4.39 Å². The Balaban J connectivity index is 2.13. The highest BCUT2D eigenvalue weighted by Gasteiger charge is 2.02. The Morgan fingerprint density at radius 2 is 2.00 bits per heavy atom. The normalized spacial score (nSPS) is 10.8. The van der Waals surface area contributed by atoms with E-state index in [1.165, 1.54) is 12.1 Å². The molecule has 5 heteroatoms. The van der Waals surface area contributed by atoms with Gasteiger partial charge in [-0.25, -0.2) is 4.39 Å². The molecule has 1 rings (SSSR count). The molecule has 100 valence electrons. The zero-order valence-corrected chi connectivity index (χ0v) is 11.3. The van der Waals surface area contributed by atoms with E-state index in [0.717, 1.165) is 23.7 Å². The van der Waals surface area contributed by atoms with Crippen LogP contribution < -0.4 is 0 Å². The fourth-order valence-electron chi connectivity index (χ4n) is 1.46. The van der Waals surface area contributed by atoms with E-state index in [1.807, 2.05) is 7.05 Å². The van der Waals surface area contributed by atoms with E-state index in [4.69, 9.17) is 5.11 Å². The van der Waals surface area contributed by atoms with Gasteiger partial charge in [0.1, 0.15) is 5.82 Å². The van der Waals surface area contributed by atoms with E-state index < -0.39 is 5.97 Å². The molecule has 0 aliphatic rings. The van der Waals surface area contributed by atoms with Gasteiger partial charge < -0.3 is 10.0 Å². The summed E-state index contributed by atoms with van der Waals surface area (Å²) in [6.45, 7) is 1.68. The van der Waals surface area contributed by atoms with Crippen molar-refractivity contribution in [2.75, 3.05) is 25.9 Å². The number of carboxylic acid groups (broad SMARTS) is 1. The van der Waals surface area contributed by atoms with Crippen LogP contribution in [-0.2, 0) is 4.79 Å². The highest BCUT2D eigenvalue weighted by molar-refractivity contribution is 7.99. The van der Waals surface area contributed by atoms with Gasteiger partial charge in [-0.05, 0) is 44.3 Å². The molecular weight excluding hydrogens is 253 g/mol. The molecule has 0 heterocycles. The molecule has 1 N–H and O–H groups in total. The Hall–Kier alpha value is -1.07. The molecule has 0 fully saturated rings. The molecule has 0 aliphatic heterocycles. The number of nitrogens with zero attached hydrogens (tertiary/aromatic N) is 1.